The largest absolute Gasteiger partial charge is 0.491 e. The van der Waals surface area contributed by atoms with Crippen LogP contribution in [0.5, 0.6) is 0 Å². The van der Waals surface area contributed by atoms with Crippen molar-refractivity contribution in [1.29, 1.82) is 0 Å². The van der Waals surface area contributed by atoms with Crippen molar-refractivity contribution in [2.75, 3.05) is 6.61 Å². The average Bonchev–Trinajstić information content (AvgIpc) is 2.98. The van der Waals surface area contributed by atoms with Gasteiger partial charge in [-0.05, 0) is 31.5 Å². The highest BCUT2D eigenvalue weighted by atomic mass is 35.5. The summed E-state index contributed by atoms with van der Waals surface area (Å²) in [5, 5.41) is 1.19. The van der Waals surface area contributed by atoms with Gasteiger partial charge in [-0.3, -0.25) is 0 Å². The van der Waals surface area contributed by atoms with E-state index >= 15 is 0 Å². The Kier molecular flexibility index (Phi) is 5.71. The summed E-state index contributed by atoms with van der Waals surface area (Å²) >= 11 is 12.3. The van der Waals surface area contributed by atoms with E-state index < -0.39 is 0 Å². The number of nitrogens with zero attached hydrogens (tertiary/aromatic N) is 2. The fraction of sp³-hybridized carbons (Fsp3) is 0.312. The predicted octanol–water partition coefficient (Wildman–Crippen LogP) is 5.35. The third-order valence-corrected chi connectivity index (χ3v) is 3.69. The molecule has 0 unspecified atom stereocenters. The summed E-state index contributed by atoms with van der Waals surface area (Å²) in [7, 11) is 0. The number of imidazole rings is 1. The van der Waals surface area contributed by atoms with Crippen molar-refractivity contribution in [2.24, 2.45) is 0 Å². The van der Waals surface area contributed by atoms with Crippen LogP contribution in [0.2, 0.25) is 10.0 Å². The van der Waals surface area contributed by atoms with Crippen molar-refractivity contribution >= 4 is 34.7 Å². The van der Waals surface area contributed by atoms with Crippen molar-refractivity contribution in [3.63, 3.8) is 0 Å². The van der Waals surface area contributed by atoms with Gasteiger partial charge < -0.3 is 9.30 Å². The Morgan fingerprint density at radius 1 is 1.33 bits per heavy atom. The first-order valence-corrected chi connectivity index (χ1v) is 7.66. The molecule has 1 aromatic carbocycles. The lowest BCUT2D eigenvalue weighted by atomic mass is 10.1. The number of hydrogen-bond donors (Lipinski definition) is 0. The molecule has 0 amide bonds. The van der Waals surface area contributed by atoms with Crippen LogP contribution < -0.4 is 0 Å². The van der Waals surface area contributed by atoms with Crippen LogP contribution in [0.15, 0.2) is 36.9 Å². The molecule has 0 saturated heterocycles. The van der Waals surface area contributed by atoms with Gasteiger partial charge in [0.1, 0.15) is 5.76 Å². The molecule has 0 atom stereocenters. The van der Waals surface area contributed by atoms with Gasteiger partial charge in [-0.15, -0.1) is 0 Å². The molecule has 0 bridgehead atoms. The molecular formula is C16H18Cl2N2O. The van der Waals surface area contributed by atoms with Crippen molar-refractivity contribution in [3.8, 4) is 0 Å². The fourth-order valence-electron chi connectivity index (χ4n) is 1.94. The quantitative estimate of drug-likeness (QED) is 0.528. The summed E-state index contributed by atoms with van der Waals surface area (Å²) < 4.78 is 7.89. The van der Waals surface area contributed by atoms with Gasteiger partial charge >= 0.3 is 0 Å². The average molecular weight is 325 g/mol. The number of ether oxygens (including phenoxy) is 1. The van der Waals surface area contributed by atoms with Crippen LogP contribution in [0, 0.1) is 0 Å². The molecule has 2 rings (SSSR count). The van der Waals surface area contributed by atoms with Gasteiger partial charge in [0, 0.05) is 23.0 Å². The van der Waals surface area contributed by atoms with Gasteiger partial charge in [-0.1, -0.05) is 36.5 Å². The number of halogens is 2. The first kappa shape index (κ1) is 15.9. The van der Waals surface area contributed by atoms with Crippen LogP contribution in [0.3, 0.4) is 0 Å². The Labute approximate surface area is 135 Å². The molecule has 3 nitrogen and oxygen atoms in total. The number of benzene rings is 1. The number of allylic oxidation sites excluding steroid dienone is 1. The standard InChI is InChI=1S/C16H18Cl2N2O/c1-3-4-9-21-16(12(2)20-8-7-19-11-20)14-6-5-13(17)10-15(14)18/h5-8,10-11H,3-4,9H2,1-2H3. The zero-order valence-corrected chi connectivity index (χ0v) is 13.7. The molecule has 0 radical (unpaired) electrons. The molecule has 21 heavy (non-hydrogen) atoms. The van der Waals surface area contributed by atoms with Crippen LogP contribution in [0.25, 0.3) is 11.5 Å². The number of unbranched alkanes of at least 4 members (excludes halogenated alkanes) is 1. The van der Waals surface area contributed by atoms with Gasteiger partial charge in [-0.25, -0.2) is 4.98 Å². The maximum absolute atomic E-state index is 6.32. The minimum absolute atomic E-state index is 0.577. The van der Waals surface area contributed by atoms with Crippen LogP contribution in [-0.2, 0) is 4.74 Å². The van der Waals surface area contributed by atoms with Crippen LogP contribution >= 0.6 is 23.2 Å². The monoisotopic (exact) mass is 324 g/mol. The van der Waals surface area contributed by atoms with Crippen LogP contribution in [0.1, 0.15) is 32.3 Å². The minimum Gasteiger partial charge on any atom is -0.491 e. The van der Waals surface area contributed by atoms with Gasteiger partial charge in [-0.2, -0.15) is 0 Å². The fourth-order valence-corrected chi connectivity index (χ4v) is 2.44. The summed E-state index contributed by atoms with van der Waals surface area (Å²) in [6, 6.07) is 5.42. The SMILES string of the molecule is CCCCOC(=C(C)n1ccnc1)c1ccc(Cl)cc1Cl. The Bertz CT molecular complexity index is 621. The van der Waals surface area contributed by atoms with E-state index in [-0.39, 0.29) is 0 Å². The Balaban J connectivity index is 2.42. The molecule has 0 fully saturated rings. The Morgan fingerprint density at radius 3 is 2.76 bits per heavy atom. The van der Waals surface area contributed by atoms with E-state index in [0.717, 1.165) is 29.9 Å². The minimum atomic E-state index is 0.577. The Hall–Kier alpha value is -1.45. The highest BCUT2D eigenvalue weighted by Crippen LogP contribution is 2.31. The zero-order valence-electron chi connectivity index (χ0n) is 12.1. The van der Waals surface area contributed by atoms with Gasteiger partial charge in [0.15, 0.2) is 0 Å². The molecule has 1 aromatic heterocycles. The second-order valence-corrected chi connectivity index (χ2v) is 5.55. The highest BCUT2D eigenvalue weighted by Gasteiger charge is 2.13. The van der Waals surface area contributed by atoms with Crippen molar-refractivity contribution < 1.29 is 4.74 Å². The van der Waals surface area contributed by atoms with Crippen molar-refractivity contribution in [3.05, 3.63) is 52.5 Å². The lowest BCUT2D eigenvalue weighted by Crippen LogP contribution is -2.02. The van der Waals surface area contributed by atoms with Gasteiger partial charge in [0.25, 0.3) is 0 Å². The van der Waals surface area contributed by atoms with E-state index in [2.05, 4.69) is 11.9 Å². The number of aromatic nitrogens is 2. The molecule has 0 spiro atoms. The molecular weight excluding hydrogens is 307 g/mol. The summed E-state index contributed by atoms with van der Waals surface area (Å²) in [5.41, 5.74) is 1.77. The molecule has 0 aliphatic carbocycles. The van der Waals surface area contributed by atoms with E-state index in [0.29, 0.717) is 16.7 Å². The summed E-state index contributed by atoms with van der Waals surface area (Å²) in [5.74, 6) is 0.753. The predicted molar refractivity (Wildman–Crippen MR) is 88.3 cm³/mol. The van der Waals surface area contributed by atoms with Crippen molar-refractivity contribution in [1.82, 2.24) is 9.55 Å². The maximum atomic E-state index is 6.32. The molecule has 1 heterocycles. The molecule has 5 heteroatoms. The second-order valence-electron chi connectivity index (χ2n) is 4.71. The topological polar surface area (TPSA) is 27.1 Å². The molecule has 2 aromatic rings. The lowest BCUT2D eigenvalue weighted by molar-refractivity contribution is 0.270. The smallest absolute Gasteiger partial charge is 0.147 e. The summed E-state index contributed by atoms with van der Waals surface area (Å²) in [6.07, 6.45) is 7.42. The van der Waals surface area contributed by atoms with E-state index in [4.69, 9.17) is 27.9 Å². The Morgan fingerprint density at radius 2 is 2.14 bits per heavy atom. The lowest BCUT2D eigenvalue weighted by Gasteiger charge is -2.16. The van der Waals surface area contributed by atoms with Gasteiger partial charge in [0.05, 0.1) is 23.7 Å². The van der Waals surface area contributed by atoms with E-state index in [1.54, 1.807) is 18.6 Å². The highest BCUT2D eigenvalue weighted by molar-refractivity contribution is 6.35. The van der Waals surface area contributed by atoms with Crippen LogP contribution in [-0.4, -0.2) is 16.2 Å². The molecule has 0 aliphatic heterocycles. The van der Waals surface area contributed by atoms with Crippen LogP contribution in [0.4, 0.5) is 0 Å². The van der Waals surface area contributed by atoms with Crippen molar-refractivity contribution in [2.45, 2.75) is 26.7 Å². The first-order chi connectivity index (χ1) is 10.1. The second kappa shape index (κ2) is 7.53. The third kappa shape index (κ3) is 4.02. The van der Waals surface area contributed by atoms with E-state index in [9.17, 15) is 0 Å². The van der Waals surface area contributed by atoms with Gasteiger partial charge in [0.2, 0.25) is 0 Å². The molecule has 112 valence electrons. The first-order valence-electron chi connectivity index (χ1n) is 6.91. The normalized spacial score (nSPS) is 12.2. The summed E-state index contributed by atoms with van der Waals surface area (Å²) in [4.78, 5) is 4.07. The number of hydrogen-bond acceptors (Lipinski definition) is 2. The third-order valence-electron chi connectivity index (χ3n) is 3.14. The molecule has 0 saturated carbocycles. The zero-order chi connectivity index (χ0) is 15.2. The van der Waals surface area contributed by atoms with E-state index in [1.807, 2.05) is 29.8 Å². The van der Waals surface area contributed by atoms with E-state index in [1.165, 1.54) is 0 Å². The summed E-state index contributed by atoms with van der Waals surface area (Å²) in [6.45, 7) is 4.76. The number of rotatable bonds is 6. The maximum Gasteiger partial charge on any atom is 0.147 e. The molecule has 0 N–H and O–H groups in total. The molecule has 0 aliphatic rings.